The summed E-state index contributed by atoms with van der Waals surface area (Å²) in [7, 11) is 0. The SMILES string of the molecule is CSC(=NC(C)C)C(C)=O. The highest BCUT2D eigenvalue weighted by atomic mass is 32.2. The summed E-state index contributed by atoms with van der Waals surface area (Å²) in [5, 5.41) is 0.620. The maximum atomic E-state index is 10.8. The predicted molar refractivity (Wildman–Crippen MR) is 46.8 cm³/mol. The van der Waals surface area contributed by atoms with Crippen LogP contribution in [-0.2, 0) is 4.79 Å². The molecule has 0 saturated heterocycles. The van der Waals surface area contributed by atoms with Gasteiger partial charge in [0.15, 0.2) is 5.78 Å². The molecule has 0 radical (unpaired) electrons. The number of hydrogen-bond donors (Lipinski definition) is 0. The Balaban J connectivity index is 4.19. The van der Waals surface area contributed by atoms with Crippen molar-refractivity contribution >= 4 is 22.6 Å². The van der Waals surface area contributed by atoms with E-state index in [4.69, 9.17) is 0 Å². The monoisotopic (exact) mass is 159 g/mol. The second kappa shape index (κ2) is 4.50. The van der Waals surface area contributed by atoms with Gasteiger partial charge in [0, 0.05) is 13.0 Å². The van der Waals surface area contributed by atoms with Crippen molar-refractivity contribution in [3.8, 4) is 0 Å². The first kappa shape index (κ1) is 9.69. The van der Waals surface area contributed by atoms with Gasteiger partial charge in [-0.15, -0.1) is 11.8 Å². The summed E-state index contributed by atoms with van der Waals surface area (Å²) in [4.78, 5) is 14.9. The van der Waals surface area contributed by atoms with Crippen LogP contribution in [0.25, 0.3) is 0 Å². The molecular formula is C7H13NOS. The van der Waals surface area contributed by atoms with Gasteiger partial charge in [0.25, 0.3) is 0 Å². The van der Waals surface area contributed by atoms with E-state index in [1.807, 2.05) is 20.1 Å². The van der Waals surface area contributed by atoms with Gasteiger partial charge >= 0.3 is 0 Å². The first-order chi connectivity index (χ1) is 4.57. The van der Waals surface area contributed by atoms with Crippen LogP contribution in [0.4, 0.5) is 0 Å². The standard InChI is InChI=1S/C7H13NOS/c1-5(2)8-7(10-4)6(3)9/h5H,1-4H3. The topological polar surface area (TPSA) is 29.4 Å². The number of carbonyl (C=O) groups is 1. The van der Waals surface area contributed by atoms with Crippen LogP contribution in [0.3, 0.4) is 0 Å². The van der Waals surface area contributed by atoms with E-state index < -0.39 is 0 Å². The van der Waals surface area contributed by atoms with Crippen LogP contribution in [0.1, 0.15) is 20.8 Å². The van der Waals surface area contributed by atoms with Crippen LogP contribution in [0.2, 0.25) is 0 Å². The van der Waals surface area contributed by atoms with Crippen molar-refractivity contribution in [2.24, 2.45) is 4.99 Å². The van der Waals surface area contributed by atoms with E-state index in [-0.39, 0.29) is 11.8 Å². The number of aliphatic imine (C=N–C) groups is 1. The molecule has 0 N–H and O–H groups in total. The Bertz CT molecular complexity index is 152. The van der Waals surface area contributed by atoms with Gasteiger partial charge in [0.2, 0.25) is 0 Å². The molecule has 0 aliphatic rings. The van der Waals surface area contributed by atoms with Gasteiger partial charge in [-0.2, -0.15) is 0 Å². The van der Waals surface area contributed by atoms with E-state index in [2.05, 4.69) is 4.99 Å². The summed E-state index contributed by atoms with van der Waals surface area (Å²) in [6.07, 6.45) is 1.86. The largest absolute Gasteiger partial charge is 0.292 e. The minimum Gasteiger partial charge on any atom is -0.292 e. The molecule has 0 saturated carbocycles. The molecule has 0 spiro atoms. The van der Waals surface area contributed by atoms with E-state index in [0.29, 0.717) is 5.04 Å². The van der Waals surface area contributed by atoms with Crippen molar-refractivity contribution in [1.29, 1.82) is 0 Å². The third-order valence-corrected chi connectivity index (χ3v) is 1.65. The van der Waals surface area contributed by atoms with Crippen molar-refractivity contribution < 1.29 is 4.79 Å². The zero-order valence-corrected chi connectivity index (χ0v) is 7.66. The summed E-state index contributed by atoms with van der Waals surface area (Å²) in [5.41, 5.74) is 0. The minimum atomic E-state index is 0.0567. The lowest BCUT2D eigenvalue weighted by Gasteiger charge is -1.99. The Morgan fingerprint density at radius 1 is 1.50 bits per heavy atom. The second-order valence-electron chi connectivity index (χ2n) is 2.29. The third kappa shape index (κ3) is 3.67. The van der Waals surface area contributed by atoms with Gasteiger partial charge in [0.05, 0.1) is 0 Å². The lowest BCUT2D eigenvalue weighted by atomic mass is 10.4. The molecule has 0 bridgehead atoms. The molecule has 3 heteroatoms. The Morgan fingerprint density at radius 2 is 2.00 bits per heavy atom. The zero-order chi connectivity index (χ0) is 8.15. The molecule has 0 aliphatic heterocycles. The maximum absolute atomic E-state index is 10.8. The highest BCUT2D eigenvalue weighted by Gasteiger charge is 2.02. The molecule has 0 atom stereocenters. The van der Waals surface area contributed by atoms with Crippen LogP contribution in [0.5, 0.6) is 0 Å². The average molecular weight is 159 g/mol. The molecule has 0 fully saturated rings. The average Bonchev–Trinajstić information content (AvgIpc) is 1.81. The second-order valence-corrected chi connectivity index (χ2v) is 3.08. The Hall–Kier alpha value is -0.310. The molecule has 0 aromatic heterocycles. The Kier molecular flexibility index (Phi) is 4.36. The summed E-state index contributed by atoms with van der Waals surface area (Å²) in [6, 6.07) is 0.214. The zero-order valence-electron chi connectivity index (χ0n) is 6.84. The lowest BCUT2D eigenvalue weighted by Crippen LogP contribution is -2.07. The third-order valence-electron chi connectivity index (χ3n) is 0.870. The van der Waals surface area contributed by atoms with E-state index >= 15 is 0 Å². The Morgan fingerprint density at radius 3 is 2.10 bits per heavy atom. The first-order valence-electron chi connectivity index (χ1n) is 3.20. The van der Waals surface area contributed by atoms with E-state index in [0.717, 1.165) is 0 Å². The van der Waals surface area contributed by atoms with Gasteiger partial charge in [-0.1, -0.05) is 0 Å². The number of thioether (sulfide) groups is 1. The van der Waals surface area contributed by atoms with Crippen molar-refractivity contribution in [3.63, 3.8) is 0 Å². The molecule has 0 aliphatic carbocycles. The lowest BCUT2D eigenvalue weighted by molar-refractivity contribution is -0.110. The molecular weight excluding hydrogens is 146 g/mol. The van der Waals surface area contributed by atoms with Crippen LogP contribution in [0.15, 0.2) is 4.99 Å². The fourth-order valence-electron chi connectivity index (χ4n) is 0.522. The summed E-state index contributed by atoms with van der Waals surface area (Å²) < 4.78 is 0. The summed E-state index contributed by atoms with van der Waals surface area (Å²) in [5.74, 6) is 0.0567. The van der Waals surface area contributed by atoms with Gasteiger partial charge in [-0.05, 0) is 20.1 Å². The van der Waals surface area contributed by atoms with Crippen LogP contribution >= 0.6 is 11.8 Å². The summed E-state index contributed by atoms with van der Waals surface area (Å²) in [6.45, 7) is 5.45. The Labute approximate surface area is 66.1 Å². The number of carbonyl (C=O) groups excluding carboxylic acids is 1. The number of hydrogen-bond acceptors (Lipinski definition) is 3. The van der Waals surface area contributed by atoms with Crippen molar-refractivity contribution in [1.82, 2.24) is 0 Å². The van der Waals surface area contributed by atoms with Gasteiger partial charge < -0.3 is 0 Å². The molecule has 0 aromatic carbocycles. The molecule has 2 nitrogen and oxygen atoms in total. The molecule has 0 heterocycles. The quantitative estimate of drug-likeness (QED) is 0.453. The fourth-order valence-corrected chi connectivity index (χ4v) is 1.13. The van der Waals surface area contributed by atoms with E-state index in [1.165, 1.54) is 18.7 Å². The van der Waals surface area contributed by atoms with Gasteiger partial charge in [0.1, 0.15) is 5.04 Å². The van der Waals surface area contributed by atoms with Crippen LogP contribution in [-0.4, -0.2) is 23.1 Å². The number of ketones is 1. The van der Waals surface area contributed by atoms with Gasteiger partial charge in [-0.3, -0.25) is 9.79 Å². The van der Waals surface area contributed by atoms with Crippen LogP contribution < -0.4 is 0 Å². The molecule has 0 aromatic rings. The highest BCUT2D eigenvalue weighted by molar-refractivity contribution is 8.15. The molecule has 0 amide bonds. The van der Waals surface area contributed by atoms with Crippen molar-refractivity contribution in [2.75, 3.05) is 6.26 Å². The molecule has 10 heavy (non-hydrogen) atoms. The molecule has 0 rings (SSSR count). The predicted octanol–water partition coefficient (Wildman–Crippen LogP) is 1.75. The highest BCUT2D eigenvalue weighted by Crippen LogP contribution is 2.01. The maximum Gasteiger partial charge on any atom is 0.184 e. The van der Waals surface area contributed by atoms with Crippen molar-refractivity contribution in [3.05, 3.63) is 0 Å². The van der Waals surface area contributed by atoms with Crippen LogP contribution in [0, 0.1) is 0 Å². The fraction of sp³-hybridized carbons (Fsp3) is 0.714. The first-order valence-corrected chi connectivity index (χ1v) is 4.43. The smallest absolute Gasteiger partial charge is 0.184 e. The summed E-state index contributed by atoms with van der Waals surface area (Å²) >= 11 is 1.41. The number of rotatable bonds is 2. The van der Waals surface area contributed by atoms with Crippen molar-refractivity contribution in [2.45, 2.75) is 26.8 Å². The number of Topliss-reactive ketones (excluding diaryl/α,β-unsaturated/α-hetero) is 1. The molecule has 0 unspecified atom stereocenters. The van der Waals surface area contributed by atoms with E-state index in [1.54, 1.807) is 0 Å². The number of nitrogens with zero attached hydrogens (tertiary/aromatic N) is 1. The van der Waals surface area contributed by atoms with E-state index in [9.17, 15) is 4.79 Å². The molecule has 58 valence electrons. The van der Waals surface area contributed by atoms with Gasteiger partial charge in [-0.25, -0.2) is 0 Å². The normalized spacial score (nSPS) is 12.3. The minimum absolute atomic E-state index is 0.0567.